The number of Topliss-reactive ketones (excluding diaryl/α,β-unsaturated/α-hetero) is 1. The van der Waals surface area contributed by atoms with Gasteiger partial charge in [0.2, 0.25) is 0 Å². The fraction of sp³-hybridized carbons (Fsp3) is 0.300. The van der Waals surface area contributed by atoms with Crippen molar-refractivity contribution in [3.05, 3.63) is 30.5 Å². The van der Waals surface area contributed by atoms with Crippen LogP contribution in [-0.4, -0.2) is 15.8 Å². The van der Waals surface area contributed by atoms with E-state index in [4.69, 9.17) is 5.73 Å². The van der Waals surface area contributed by atoms with E-state index in [1.807, 2.05) is 13.8 Å². The van der Waals surface area contributed by atoms with Crippen molar-refractivity contribution in [1.29, 1.82) is 0 Å². The first kappa shape index (κ1) is 10.4. The van der Waals surface area contributed by atoms with Gasteiger partial charge in [0.1, 0.15) is 0 Å². The molecule has 0 aliphatic heterocycles. The lowest BCUT2D eigenvalue weighted by Crippen LogP contribution is -2.12. The number of hydrogen-bond acceptors (Lipinski definition) is 4. The molecule has 0 spiro atoms. The number of allylic oxidation sites excluding steroid dienone is 1. The summed E-state index contributed by atoms with van der Waals surface area (Å²) < 4.78 is 0. The zero-order valence-electron chi connectivity index (χ0n) is 8.27. The van der Waals surface area contributed by atoms with Gasteiger partial charge in [0.05, 0.1) is 5.57 Å². The highest BCUT2D eigenvalue weighted by molar-refractivity contribution is 6.20. The molecule has 0 unspecified atom stereocenters. The van der Waals surface area contributed by atoms with Crippen LogP contribution in [0.25, 0.3) is 5.57 Å². The van der Waals surface area contributed by atoms with E-state index in [1.54, 1.807) is 18.5 Å². The van der Waals surface area contributed by atoms with Crippen LogP contribution >= 0.6 is 0 Å². The average Bonchev–Trinajstić information content (AvgIpc) is 2.20. The fourth-order valence-corrected chi connectivity index (χ4v) is 1.02. The Labute approximate surface area is 82.9 Å². The maximum absolute atomic E-state index is 11.6. The van der Waals surface area contributed by atoms with E-state index in [0.29, 0.717) is 11.4 Å². The van der Waals surface area contributed by atoms with Crippen molar-refractivity contribution < 1.29 is 4.79 Å². The van der Waals surface area contributed by atoms with Crippen molar-refractivity contribution >= 4 is 11.4 Å². The SMILES string of the molecule is CC(C)C(=O)/C(=C/N)c1ncccn1. The zero-order chi connectivity index (χ0) is 10.6. The van der Waals surface area contributed by atoms with E-state index >= 15 is 0 Å². The van der Waals surface area contributed by atoms with Crippen molar-refractivity contribution in [2.24, 2.45) is 11.7 Å². The molecule has 4 heteroatoms. The second-order valence-electron chi connectivity index (χ2n) is 3.17. The maximum Gasteiger partial charge on any atom is 0.170 e. The van der Waals surface area contributed by atoms with E-state index in [0.717, 1.165) is 0 Å². The number of nitrogens with two attached hydrogens (primary N) is 1. The zero-order valence-corrected chi connectivity index (χ0v) is 8.27. The summed E-state index contributed by atoms with van der Waals surface area (Å²) in [5, 5.41) is 0. The number of carbonyl (C=O) groups excluding carboxylic acids is 1. The lowest BCUT2D eigenvalue weighted by molar-refractivity contribution is -0.116. The summed E-state index contributed by atoms with van der Waals surface area (Å²) in [7, 11) is 0. The summed E-state index contributed by atoms with van der Waals surface area (Å²) in [5.41, 5.74) is 5.76. The Balaban J connectivity index is 3.01. The lowest BCUT2D eigenvalue weighted by Gasteiger charge is -2.06. The molecule has 0 aliphatic carbocycles. The fourth-order valence-electron chi connectivity index (χ4n) is 1.02. The molecule has 0 saturated carbocycles. The van der Waals surface area contributed by atoms with Gasteiger partial charge in [-0.1, -0.05) is 13.8 Å². The highest BCUT2D eigenvalue weighted by atomic mass is 16.1. The molecule has 1 rings (SSSR count). The molecule has 0 bridgehead atoms. The minimum atomic E-state index is -0.103. The van der Waals surface area contributed by atoms with Gasteiger partial charge in [-0.25, -0.2) is 9.97 Å². The number of hydrogen-bond donors (Lipinski definition) is 1. The third-order valence-corrected chi connectivity index (χ3v) is 1.76. The van der Waals surface area contributed by atoms with Gasteiger partial charge in [0, 0.05) is 24.5 Å². The Morgan fingerprint density at radius 1 is 1.43 bits per heavy atom. The van der Waals surface area contributed by atoms with Crippen LogP contribution in [0.4, 0.5) is 0 Å². The van der Waals surface area contributed by atoms with Gasteiger partial charge >= 0.3 is 0 Å². The summed E-state index contributed by atoms with van der Waals surface area (Å²) in [6, 6.07) is 1.69. The Morgan fingerprint density at radius 2 is 2.00 bits per heavy atom. The molecule has 0 fully saturated rings. The van der Waals surface area contributed by atoms with Crippen LogP contribution in [0.2, 0.25) is 0 Å². The Bertz CT molecular complexity index is 344. The van der Waals surface area contributed by atoms with Crippen LogP contribution in [0, 0.1) is 5.92 Å². The van der Waals surface area contributed by atoms with Crippen LogP contribution in [-0.2, 0) is 4.79 Å². The molecule has 0 radical (unpaired) electrons. The minimum absolute atomic E-state index is 0.0429. The third-order valence-electron chi connectivity index (χ3n) is 1.76. The highest BCUT2D eigenvalue weighted by Gasteiger charge is 2.16. The number of ketones is 1. The van der Waals surface area contributed by atoms with Crippen molar-refractivity contribution in [3.8, 4) is 0 Å². The highest BCUT2D eigenvalue weighted by Crippen LogP contribution is 2.13. The molecule has 14 heavy (non-hydrogen) atoms. The molecule has 1 aromatic rings. The second-order valence-corrected chi connectivity index (χ2v) is 3.17. The largest absolute Gasteiger partial charge is 0.404 e. The van der Waals surface area contributed by atoms with Crippen molar-refractivity contribution in [3.63, 3.8) is 0 Å². The quantitative estimate of drug-likeness (QED) is 0.724. The molecule has 2 N–H and O–H groups in total. The molecule has 74 valence electrons. The Kier molecular flexibility index (Phi) is 3.34. The second kappa shape index (κ2) is 4.50. The molecule has 1 heterocycles. The summed E-state index contributed by atoms with van der Waals surface area (Å²) >= 11 is 0. The summed E-state index contributed by atoms with van der Waals surface area (Å²) in [4.78, 5) is 19.6. The number of aromatic nitrogens is 2. The topological polar surface area (TPSA) is 68.9 Å². The standard InChI is InChI=1S/C10H13N3O/c1-7(2)9(14)8(6-11)10-12-4-3-5-13-10/h3-7H,11H2,1-2H3/b8-6-. The predicted molar refractivity (Wildman–Crippen MR) is 54.0 cm³/mol. The van der Waals surface area contributed by atoms with E-state index < -0.39 is 0 Å². The van der Waals surface area contributed by atoms with E-state index in [2.05, 4.69) is 9.97 Å². The molecule has 0 aromatic carbocycles. The first-order chi connectivity index (χ1) is 6.66. The van der Waals surface area contributed by atoms with Crippen LogP contribution in [0.3, 0.4) is 0 Å². The summed E-state index contributed by atoms with van der Waals surface area (Å²) in [6.07, 6.45) is 4.43. The molecule has 4 nitrogen and oxygen atoms in total. The predicted octanol–water partition coefficient (Wildman–Crippen LogP) is 1.00. The maximum atomic E-state index is 11.6. The number of nitrogens with zero attached hydrogens (tertiary/aromatic N) is 2. The summed E-state index contributed by atoms with van der Waals surface area (Å²) in [5.74, 6) is 0.237. The van der Waals surface area contributed by atoms with Crippen molar-refractivity contribution in [1.82, 2.24) is 9.97 Å². The molecule has 1 aromatic heterocycles. The van der Waals surface area contributed by atoms with Crippen LogP contribution in [0.15, 0.2) is 24.7 Å². The van der Waals surface area contributed by atoms with Crippen molar-refractivity contribution in [2.75, 3.05) is 0 Å². The summed E-state index contributed by atoms with van der Waals surface area (Å²) in [6.45, 7) is 3.63. The van der Waals surface area contributed by atoms with Gasteiger partial charge in [-0.2, -0.15) is 0 Å². The monoisotopic (exact) mass is 191 g/mol. The van der Waals surface area contributed by atoms with E-state index in [-0.39, 0.29) is 11.7 Å². The smallest absolute Gasteiger partial charge is 0.170 e. The molecular formula is C10H13N3O. The van der Waals surface area contributed by atoms with Crippen LogP contribution in [0.5, 0.6) is 0 Å². The molecule has 0 amide bonds. The van der Waals surface area contributed by atoms with Crippen LogP contribution in [0.1, 0.15) is 19.7 Å². The van der Waals surface area contributed by atoms with Gasteiger partial charge < -0.3 is 5.73 Å². The molecule has 0 saturated heterocycles. The van der Waals surface area contributed by atoms with E-state index in [9.17, 15) is 4.79 Å². The molecule has 0 aliphatic rings. The third kappa shape index (κ3) is 2.16. The van der Waals surface area contributed by atoms with Gasteiger partial charge in [-0.3, -0.25) is 4.79 Å². The Morgan fingerprint density at radius 3 is 2.43 bits per heavy atom. The normalized spacial score (nSPS) is 11.8. The van der Waals surface area contributed by atoms with E-state index in [1.165, 1.54) is 6.20 Å². The lowest BCUT2D eigenvalue weighted by atomic mass is 10.0. The first-order valence-electron chi connectivity index (χ1n) is 4.40. The number of rotatable bonds is 3. The molecule has 0 atom stereocenters. The number of carbonyl (C=O) groups is 1. The minimum Gasteiger partial charge on any atom is -0.404 e. The average molecular weight is 191 g/mol. The van der Waals surface area contributed by atoms with Gasteiger partial charge in [0.15, 0.2) is 11.6 Å². The van der Waals surface area contributed by atoms with Gasteiger partial charge in [-0.15, -0.1) is 0 Å². The Hall–Kier alpha value is -1.71. The van der Waals surface area contributed by atoms with Gasteiger partial charge in [-0.05, 0) is 6.07 Å². The first-order valence-corrected chi connectivity index (χ1v) is 4.40. The molecular weight excluding hydrogens is 178 g/mol. The van der Waals surface area contributed by atoms with Crippen LogP contribution < -0.4 is 5.73 Å². The van der Waals surface area contributed by atoms with Crippen molar-refractivity contribution in [2.45, 2.75) is 13.8 Å². The van der Waals surface area contributed by atoms with Gasteiger partial charge in [0.25, 0.3) is 0 Å².